The fourth-order valence-corrected chi connectivity index (χ4v) is 1.64. The number of carboxylic acid groups (broad SMARTS) is 1. The maximum atomic E-state index is 13.6. The summed E-state index contributed by atoms with van der Waals surface area (Å²) in [4.78, 5) is 10.6. The lowest BCUT2D eigenvalue weighted by molar-refractivity contribution is -0.136. The first-order valence-corrected chi connectivity index (χ1v) is 5.05. The summed E-state index contributed by atoms with van der Waals surface area (Å²) < 4.78 is 15.2. The number of carbonyl (C=O) groups is 1. The molecule has 0 aliphatic rings. The van der Waals surface area contributed by atoms with Crippen LogP contribution in [0.3, 0.4) is 0 Å². The van der Waals surface area contributed by atoms with Crippen LogP contribution in [0, 0.1) is 5.82 Å². The van der Waals surface area contributed by atoms with Crippen LogP contribution < -0.4 is 0 Å². The van der Waals surface area contributed by atoms with E-state index < -0.39 is 5.97 Å². The average molecular weight is 234 g/mol. The van der Waals surface area contributed by atoms with Gasteiger partial charge in [-0.05, 0) is 17.7 Å². The standard InChI is InChI=1S/C12H11FN2O2/c1-15-7-9(6-14-15)10-4-8(5-12(16)17)2-3-11(10)13/h2-4,6-7H,5H2,1H3,(H,16,17). The Hall–Kier alpha value is -2.17. The molecule has 0 atom stereocenters. The molecule has 17 heavy (non-hydrogen) atoms. The van der Waals surface area contributed by atoms with E-state index in [4.69, 9.17) is 5.11 Å². The van der Waals surface area contributed by atoms with Gasteiger partial charge in [0.1, 0.15) is 5.82 Å². The minimum absolute atomic E-state index is 0.118. The van der Waals surface area contributed by atoms with Gasteiger partial charge in [-0.3, -0.25) is 9.48 Å². The van der Waals surface area contributed by atoms with E-state index in [1.807, 2.05) is 0 Å². The molecule has 0 saturated carbocycles. The van der Waals surface area contributed by atoms with Gasteiger partial charge in [-0.15, -0.1) is 0 Å². The van der Waals surface area contributed by atoms with Crippen molar-refractivity contribution < 1.29 is 14.3 Å². The molecule has 2 aromatic rings. The Morgan fingerprint density at radius 1 is 1.53 bits per heavy atom. The van der Waals surface area contributed by atoms with Gasteiger partial charge >= 0.3 is 5.97 Å². The van der Waals surface area contributed by atoms with Crippen molar-refractivity contribution in [3.8, 4) is 11.1 Å². The zero-order chi connectivity index (χ0) is 12.4. The lowest BCUT2D eigenvalue weighted by Gasteiger charge is -2.03. The quantitative estimate of drug-likeness (QED) is 0.881. The van der Waals surface area contributed by atoms with Crippen molar-refractivity contribution >= 4 is 5.97 Å². The van der Waals surface area contributed by atoms with Crippen LogP contribution in [0.1, 0.15) is 5.56 Å². The maximum Gasteiger partial charge on any atom is 0.307 e. The second-order valence-corrected chi connectivity index (χ2v) is 3.79. The first-order valence-electron chi connectivity index (χ1n) is 5.05. The van der Waals surface area contributed by atoms with E-state index in [0.717, 1.165) is 0 Å². The Bertz CT molecular complexity index is 563. The van der Waals surface area contributed by atoms with E-state index >= 15 is 0 Å². The molecular weight excluding hydrogens is 223 g/mol. The number of rotatable bonds is 3. The molecule has 1 N–H and O–H groups in total. The Morgan fingerprint density at radius 3 is 2.88 bits per heavy atom. The predicted molar refractivity (Wildman–Crippen MR) is 59.9 cm³/mol. The number of benzene rings is 1. The monoisotopic (exact) mass is 234 g/mol. The first kappa shape index (κ1) is 11.3. The smallest absolute Gasteiger partial charge is 0.307 e. The number of aliphatic carboxylic acids is 1. The van der Waals surface area contributed by atoms with Crippen LogP contribution in [-0.2, 0) is 18.3 Å². The Kier molecular flexibility index (Phi) is 2.91. The highest BCUT2D eigenvalue weighted by Gasteiger charge is 2.09. The molecule has 0 unspecified atom stereocenters. The molecule has 0 amide bonds. The van der Waals surface area contributed by atoms with Gasteiger partial charge in [-0.1, -0.05) is 6.07 Å². The number of hydrogen-bond acceptors (Lipinski definition) is 2. The number of halogens is 1. The molecular formula is C12H11FN2O2. The molecule has 0 spiro atoms. The highest BCUT2D eigenvalue weighted by molar-refractivity contribution is 5.72. The zero-order valence-electron chi connectivity index (χ0n) is 9.22. The van der Waals surface area contributed by atoms with Crippen LogP contribution in [-0.4, -0.2) is 20.9 Å². The van der Waals surface area contributed by atoms with E-state index in [-0.39, 0.29) is 12.2 Å². The minimum atomic E-state index is -0.936. The van der Waals surface area contributed by atoms with Crippen molar-refractivity contribution in [3.05, 3.63) is 42.0 Å². The maximum absolute atomic E-state index is 13.6. The summed E-state index contributed by atoms with van der Waals surface area (Å²) in [5.74, 6) is -1.32. The van der Waals surface area contributed by atoms with Crippen molar-refractivity contribution in [2.75, 3.05) is 0 Å². The molecule has 0 saturated heterocycles. The number of nitrogens with zero attached hydrogens (tertiary/aromatic N) is 2. The van der Waals surface area contributed by atoms with Crippen molar-refractivity contribution in [1.29, 1.82) is 0 Å². The molecule has 0 aliphatic carbocycles. The third-order valence-corrected chi connectivity index (χ3v) is 2.40. The average Bonchev–Trinajstić information content (AvgIpc) is 2.67. The number of carboxylic acids is 1. The third-order valence-electron chi connectivity index (χ3n) is 2.40. The van der Waals surface area contributed by atoms with Crippen LogP contribution in [0.25, 0.3) is 11.1 Å². The fraction of sp³-hybridized carbons (Fsp3) is 0.167. The van der Waals surface area contributed by atoms with Crippen LogP contribution >= 0.6 is 0 Å². The van der Waals surface area contributed by atoms with Gasteiger partial charge in [0.2, 0.25) is 0 Å². The summed E-state index contributed by atoms with van der Waals surface area (Å²) in [6.45, 7) is 0. The lowest BCUT2D eigenvalue weighted by atomic mass is 10.0. The molecule has 5 heteroatoms. The van der Waals surface area contributed by atoms with Gasteiger partial charge in [-0.2, -0.15) is 5.10 Å². The molecule has 88 valence electrons. The second-order valence-electron chi connectivity index (χ2n) is 3.79. The van der Waals surface area contributed by atoms with E-state index in [9.17, 15) is 9.18 Å². The summed E-state index contributed by atoms with van der Waals surface area (Å²) in [7, 11) is 1.74. The second kappa shape index (κ2) is 4.37. The van der Waals surface area contributed by atoms with Gasteiger partial charge in [0, 0.05) is 24.4 Å². The number of hydrogen-bond donors (Lipinski definition) is 1. The topological polar surface area (TPSA) is 55.1 Å². The van der Waals surface area contributed by atoms with Crippen LogP contribution in [0.4, 0.5) is 4.39 Å². The van der Waals surface area contributed by atoms with E-state index in [2.05, 4.69) is 5.10 Å². The molecule has 0 radical (unpaired) electrons. The Balaban J connectivity index is 2.42. The summed E-state index contributed by atoms with van der Waals surface area (Å²) in [5, 5.41) is 12.6. The molecule has 4 nitrogen and oxygen atoms in total. The Morgan fingerprint density at radius 2 is 2.29 bits per heavy atom. The molecule has 1 aromatic carbocycles. The molecule has 0 bridgehead atoms. The van der Waals surface area contributed by atoms with Crippen LogP contribution in [0.5, 0.6) is 0 Å². The predicted octanol–water partition coefficient (Wildman–Crippen LogP) is 1.85. The van der Waals surface area contributed by atoms with Gasteiger partial charge in [0.25, 0.3) is 0 Å². The van der Waals surface area contributed by atoms with Crippen molar-refractivity contribution in [1.82, 2.24) is 9.78 Å². The fourth-order valence-electron chi connectivity index (χ4n) is 1.64. The third kappa shape index (κ3) is 2.50. The highest BCUT2D eigenvalue weighted by Crippen LogP contribution is 2.23. The van der Waals surface area contributed by atoms with Gasteiger partial charge in [0.05, 0.1) is 12.6 Å². The molecule has 1 aromatic heterocycles. The zero-order valence-corrected chi connectivity index (χ0v) is 9.22. The van der Waals surface area contributed by atoms with E-state index in [0.29, 0.717) is 16.7 Å². The van der Waals surface area contributed by atoms with Crippen molar-refractivity contribution in [2.45, 2.75) is 6.42 Å². The first-order chi connectivity index (χ1) is 8.06. The van der Waals surface area contributed by atoms with E-state index in [1.165, 1.54) is 12.1 Å². The largest absolute Gasteiger partial charge is 0.481 e. The summed E-state index contributed by atoms with van der Waals surface area (Å²) >= 11 is 0. The minimum Gasteiger partial charge on any atom is -0.481 e. The van der Waals surface area contributed by atoms with Crippen LogP contribution in [0.2, 0.25) is 0 Å². The highest BCUT2D eigenvalue weighted by atomic mass is 19.1. The summed E-state index contributed by atoms with van der Waals surface area (Å²) in [5.41, 5.74) is 1.58. The lowest BCUT2D eigenvalue weighted by Crippen LogP contribution is -2.00. The van der Waals surface area contributed by atoms with Gasteiger partial charge in [0.15, 0.2) is 0 Å². The van der Waals surface area contributed by atoms with E-state index in [1.54, 1.807) is 30.2 Å². The number of aromatic nitrogens is 2. The van der Waals surface area contributed by atoms with Gasteiger partial charge < -0.3 is 5.11 Å². The van der Waals surface area contributed by atoms with Crippen molar-refractivity contribution in [2.24, 2.45) is 7.05 Å². The molecule has 0 fully saturated rings. The van der Waals surface area contributed by atoms with Gasteiger partial charge in [-0.25, -0.2) is 4.39 Å². The van der Waals surface area contributed by atoms with Crippen molar-refractivity contribution in [3.63, 3.8) is 0 Å². The normalized spacial score (nSPS) is 10.5. The summed E-state index contributed by atoms with van der Waals surface area (Å²) in [6.07, 6.45) is 3.11. The number of aryl methyl sites for hydroxylation is 1. The molecule has 1 heterocycles. The molecule has 2 rings (SSSR count). The molecule has 0 aliphatic heterocycles. The van der Waals surface area contributed by atoms with Crippen LogP contribution in [0.15, 0.2) is 30.6 Å². The Labute approximate surface area is 97.3 Å². The summed E-state index contributed by atoms with van der Waals surface area (Å²) in [6, 6.07) is 4.30. The SMILES string of the molecule is Cn1cc(-c2cc(CC(=O)O)ccc2F)cn1.